The van der Waals surface area contributed by atoms with Crippen LogP contribution >= 0.6 is 0 Å². The summed E-state index contributed by atoms with van der Waals surface area (Å²) in [5.74, 6) is -2.12. The number of amides is 2. The third-order valence-electron chi connectivity index (χ3n) is 6.89. The molecule has 0 spiro atoms. The van der Waals surface area contributed by atoms with E-state index in [2.05, 4.69) is 34.9 Å². The number of benzene rings is 2. The number of aliphatic carboxylic acids is 1. The first-order chi connectivity index (χ1) is 16.8. The second kappa shape index (κ2) is 10.9. The number of ether oxygens (including phenoxy) is 2. The number of hydrogen-bond acceptors (Lipinski definition) is 5. The van der Waals surface area contributed by atoms with Crippen molar-refractivity contribution in [3.8, 4) is 11.1 Å². The van der Waals surface area contributed by atoms with Crippen molar-refractivity contribution in [3.05, 3.63) is 59.7 Å². The molecule has 35 heavy (non-hydrogen) atoms. The number of carboxylic acid groups (broad SMARTS) is 1. The van der Waals surface area contributed by atoms with E-state index in [1.165, 1.54) is 0 Å². The predicted molar refractivity (Wildman–Crippen MR) is 130 cm³/mol. The lowest BCUT2D eigenvalue weighted by molar-refractivity contribution is -0.141. The Morgan fingerprint density at radius 1 is 1.03 bits per heavy atom. The zero-order chi connectivity index (χ0) is 24.9. The van der Waals surface area contributed by atoms with Gasteiger partial charge in [0.05, 0.1) is 24.5 Å². The number of rotatable bonds is 9. The molecule has 0 radical (unpaired) electrons. The number of carbonyl (C=O) groups is 3. The van der Waals surface area contributed by atoms with Crippen LogP contribution in [0.1, 0.15) is 37.3 Å². The molecule has 1 fully saturated rings. The van der Waals surface area contributed by atoms with Crippen molar-refractivity contribution in [3.63, 3.8) is 0 Å². The minimum absolute atomic E-state index is 0.0137. The van der Waals surface area contributed by atoms with Crippen LogP contribution in [0.2, 0.25) is 0 Å². The summed E-state index contributed by atoms with van der Waals surface area (Å²) in [4.78, 5) is 36.3. The van der Waals surface area contributed by atoms with Crippen LogP contribution in [0.15, 0.2) is 48.5 Å². The zero-order valence-corrected chi connectivity index (χ0v) is 20.0. The van der Waals surface area contributed by atoms with Gasteiger partial charge in [-0.3, -0.25) is 9.59 Å². The number of carboxylic acids is 1. The van der Waals surface area contributed by atoms with Crippen molar-refractivity contribution in [1.29, 1.82) is 0 Å². The van der Waals surface area contributed by atoms with Gasteiger partial charge in [0.25, 0.3) is 0 Å². The Kier molecular flexibility index (Phi) is 7.70. The Bertz CT molecular complexity index is 1040. The average Bonchev–Trinajstić information content (AvgIpc) is 3.44. The van der Waals surface area contributed by atoms with E-state index < -0.39 is 23.9 Å². The second-order valence-corrected chi connectivity index (χ2v) is 9.53. The summed E-state index contributed by atoms with van der Waals surface area (Å²) >= 11 is 0. The van der Waals surface area contributed by atoms with E-state index >= 15 is 0 Å². The van der Waals surface area contributed by atoms with Crippen LogP contribution < -0.4 is 10.6 Å². The molecule has 1 aliphatic heterocycles. The van der Waals surface area contributed by atoms with Crippen molar-refractivity contribution in [2.24, 2.45) is 17.8 Å². The van der Waals surface area contributed by atoms with Crippen molar-refractivity contribution in [1.82, 2.24) is 10.6 Å². The number of nitrogens with one attached hydrogen (secondary N) is 2. The molecule has 2 aromatic carbocycles. The third kappa shape index (κ3) is 5.65. The molecule has 8 heteroatoms. The van der Waals surface area contributed by atoms with E-state index in [1.807, 2.05) is 38.1 Å². The van der Waals surface area contributed by atoms with Crippen LogP contribution in [-0.2, 0) is 19.1 Å². The average molecular weight is 481 g/mol. The summed E-state index contributed by atoms with van der Waals surface area (Å²) in [5, 5.41) is 14.7. The molecule has 3 N–H and O–H groups in total. The monoisotopic (exact) mass is 480 g/mol. The predicted octanol–water partition coefficient (Wildman–Crippen LogP) is 3.40. The summed E-state index contributed by atoms with van der Waals surface area (Å²) < 4.78 is 11.0. The first-order valence-electron chi connectivity index (χ1n) is 12.1. The standard InChI is InChI=1S/C27H32N2O6/c1-16(2)23(25(30)28-12-18-11-17(14-34-18)26(31)32)13-29-27(33)35-15-24-21-9-5-3-7-19(21)20-8-4-6-10-22(20)24/h3-10,16-18,23-24H,11-15H2,1-2H3,(H,28,30)(H,29,33)(H,31,32). The third-order valence-corrected chi connectivity index (χ3v) is 6.89. The van der Waals surface area contributed by atoms with Gasteiger partial charge < -0.3 is 25.2 Å². The van der Waals surface area contributed by atoms with Crippen LogP contribution in [-0.4, -0.2) is 55.5 Å². The van der Waals surface area contributed by atoms with Gasteiger partial charge >= 0.3 is 12.1 Å². The number of hydrogen-bond donors (Lipinski definition) is 3. The summed E-state index contributed by atoms with van der Waals surface area (Å²) in [7, 11) is 0. The fourth-order valence-corrected chi connectivity index (χ4v) is 4.84. The SMILES string of the molecule is CC(C)C(CNC(=O)OCC1c2ccccc2-c2ccccc21)C(=O)NCC1CC(C(=O)O)CO1. The first-order valence-corrected chi connectivity index (χ1v) is 12.1. The van der Waals surface area contributed by atoms with Crippen molar-refractivity contribution in [2.75, 3.05) is 26.3 Å². The smallest absolute Gasteiger partial charge is 0.407 e. The van der Waals surface area contributed by atoms with Gasteiger partial charge in [0.1, 0.15) is 6.61 Å². The molecule has 1 heterocycles. The van der Waals surface area contributed by atoms with E-state index in [1.54, 1.807) is 0 Å². The summed E-state index contributed by atoms with van der Waals surface area (Å²) in [5.41, 5.74) is 4.60. The first kappa shape index (κ1) is 24.7. The molecule has 186 valence electrons. The van der Waals surface area contributed by atoms with Gasteiger partial charge in [-0.1, -0.05) is 62.4 Å². The zero-order valence-electron chi connectivity index (χ0n) is 20.0. The fraction of sp³-hybridized carbons (Fsp3) is 0.444. The molecular formula is C27H32N2O6. The maximum atomic E-state index is 12.7. The van der Waals surface area contributed by atoms with Crippen LogP contribution in [0, 0.1) is 17.8 Å². The van der Waals surface area contributed by atoms with Gasteiger partial charge in [0.15, 0.2) is 0 Å². The number of fused-ring (bicyclic) bond motifs is 3. The molecule has 0 aromatic heterocycles. The highest BCUT2D eigenvalue weighted by atomic mass is 16.5. The normalized spacial score (nSPS) is 19.6. The molecule has 2 aliphatic rings. The molecule has 1 saturated heterocycles. The molecule has 2 amide bonds. The van der Waals surface area contributed by atoms with Crippen LogP contribution in [0.4, 0.5) is 4.79 Å². The molecule has 3 atom stereocenters. The Hall–Kier alpha value is -3.39. The van der Waals surface area contributed by atoms with E-state index in [9.17, 15) is 14.4 Å². The molecule has 8 nitrogen and oxygen atoms in total. The maximum Gasteiger partial charge on any atom is 0.407 e. The Balaban J connectivity index is 1.27. The Morgan fingerprint density at radius 3 is 2.23 bits per heavy atom. The molecule has 0 saturated carbocycles. The summed E-state index contributed by atoms with van der Waals surface area (Å²) in [6, 6.07) is 16.3. The quantitative estimate of drug-likeness (QED) is 0.507. The lowest BCUT2D eigenvalue weighted by atomic mass is 9.94. The van der Waals surface area contributed by atoms with Gasteiger partial charge in [-0.15, -0.1) is 0 Å². The van der Waals surface area contributed by atoms with Crippen molar-refractivity contribution >= 4 is 18.0 Å². The van der Waals surface area contributed by atoms with E-state index in [4.69, 9.17) is 14.6 Å². The van der Waals surface area contributed by atoms with Crippen molar-refractivity contribution < 1.29 is 29.0 Å². The van der Waals surface area contributed by atoms with Crippen LogP contribution in [0.25, 0.3) is 11.1 Å². The van der Waals surface area contributed by atoms with Gasteiger partial charge in [0.2, 0.25) is 5.91 Å². The molecule has 0 bridgehead atoms. The van der Waals surface area contributed by atoms with Gasteiger partial charge in [0, 0.05) is 19.0 Å². The van der Waals surface area contributed by atoms with Gasteiger partial charge in [-0.25, -0.2) is 4.79 Å². The van der Waals surface area contributed by atoms with Crippen molar-refractivity contribution in [2.45, 2.75) is 32.3 Å². The Labute approximate surface area is 205 Å². The molecule has 3 unspecified atom stereocenters. The molecular weight excluding hydrogens is 448 g/mol. The van der Waals surface area contributed by atoms with E-state index in [-0.39, 0.29) is 50.2 Å². The minimum atomic E-state index is -0.883. The summed E-state index contributed by atoms with van der Waals surface area (Å²) in [6.07, 6.45) is -0.503. The number of carbonyl (C=O) groups excluding carboxylic acids is 2. The van der Waals surface area contributed by atoms with Crippen LogP contribution in [0.3, 0.4) is 0 Å². The highest BCUT2D eigenvalue weighted by Crippen LogP contribution is 2.44. The summed E-state index contributed by atoms with van der Waals surface area (Å²) in [6.45, 7) is 4.58. The highest BCUT2D eigenvalue weighted by Gasteiger charge is 2.32. The van der Waals surface area contributed by atoms with E-state index in [0.717, 1.165) is 22.3 Å². The molecule has 1 aliphatic carbocycles. The maximum absolute atomic E-state index is 12.7. The topological polar surface area (TPSA) is 114 Å². The van der Waals surface area contributed by atoms with Gasteiger partial charge in [-0.05, 0) is 34.6 Å². The second-order valence-electron chi connectivity index (χ2n) is 9.53. The molecule has 2 aromatic rings. The number of alkyl carbamates (subject to hydrolysis) is 1. The molecule has 4 rings (SSSR count). The highest BCUT2D eigenvalue weighted by molar-refractivity contribution is 5.80. The lowest BCUT2D eigenvalue weighted by Crippen LogP contribution is -2.43. The largest absolute Gasteiger partial charge is 0.481 e. The van der Waals surface area contributed by atoms with Gasteiger partial charge in [-0.2, -0.15) is 0 Å². The fourth-order valence-electron chi connectivity index (χ4n) is 4.84. The minimum Gasteiger partial charge on any atom is -0.481 e. The lowest BCUT2D eigenvalue weighted by Gasteiger charge is -2.22. The van der Waals surface area contributed by atoms with E-state index in [0.29, 0.717) is 6.42 Å². The van der Waals surface area contributed by atoms with Crippen LogP contribution in [0.5, 0.6) is 0 Å². The Morgan fingerprint density at radius 2 is 1.66 bits per heavy atom.